The lowest BCUT2D eigenvalue weighted by molar-refractivity contribution is -0.130. The summed E-state index contributed by atoms with van der Waals surface area (Å²) in [5.74, 6) is 1.89. The van der Waals surface area contributed by atoms with Crippen LogP contribution in [0.4, 0.5) is 0 Å². The fourth-order valence-electron chi connectivity index (χ4n) is 3.89. The molecule has 2 unspecified atom stereocenters. The molecule has 13 heavy (non-hydrogen) atoms. The van der Waals surface area contributed by atoms with E-state index < -0.39 is 0 Å². The Morgan fingerprint density at radius 1 is 1.15 bits per heavy atom. The van der Waals surface area contributed by atoms with Crippen LogP contribution in [0.2, 0.25) is 0 Å². The molecule has 70 valence electrons. The summed E-state index contributed by atoms with van der Waals surface area (Å²) in [6, 6.07) is 0. The molecule has 2 nitrogen and oxygen atoms in total. The van der Waals surface area contributed by atoms with E-state index >= 15 is 0 Å². The molecule has 0 saturated heterocycles. The fraction of sp³-hybridized carbons (Fsp3) is 0.818. The summed E-state index contributed by atoms with van der Waals surface area (Å²) >= 11 is 0. The third-order valence-corrected chi connectivity index (χ3v) is 4.58. The van der Waals surface area contributed by atoms with Crippen LogP contribution in [0.3, 0.4) is 0 Å². The molecule has 0 heterocycles. The van der Waals surface area contributed by atoms with Crippen LogP contribution in [0, 0.1) is 35.0 Å². The number of Topliss-reactive ketones (excluding diaryl/α,β-unsaturated/α-hetero) is 2. The number of hydrogen-bond acceptors (Lipinski definition) is 2. The second-order valence-corrected chi connectivity index (χ2v) is 5.43. The molecule has 0 aromatic heterocycles. The van der Waals surface area contributed by atoms with Crippen molar-refractivity contribution < 1.29 is 9.59 Å². The lowest BCUT2D eigenvalue weighted by atomic mass is 9.83. The Morgan fingerprint density at radius 3 is 2.31 bits per heavy atom. The second kappa shape index (κ2) is 1.75. The Labute approximate surface area is 77.7 Å². The van der Waals surface area contributed by atoms with Gasteiger partial charge in [-0.25, -0.2) is 0 Å². The molecule has 0 amide bonds. The minimum atomic E-state index is -0.208. The Kier molecular flexibility index (Phi) is 1.04. The van der Waals surface area contributed by atoms with Crippen molar-refractivity contribution in [1.82, 2.24) is 0 Å². The number of carbonyl (C=O) groups excluding carboxylic acids is 2. The quantitative estimate of drug-likeness (QED) is 0.560. The Balaban J connectivity index is 2.11. The van der Waals surface area contributed by atoms with Crippen LogP contribution in [0.5, 0.6) is 0 Å². The molecule has 0 N–H and O–H groups in total. The first-order chi connectivity index (χ1) is 5.98. The van der Waals surface area contributed by atoms with E-state index in [2.05, 4.69) is 0 Å². The highest BCUT2D eigenvalue weighted by molar-refractivity contribution is 6.04. The lowest BCUT2D eigenvalue weighted by Gasteiger charge is -2.19. The minimum absolute atomic E-state index is 0.0144. The Bertz CT molecular complexity index is 329. The monoisotopic (exact) mass is 178 g/mol. The van der Waals surface area contributed by atoms with Gasteiger partial charge in [-0.3, -0.25) is 9.59 Å². The van der Waals surface area contributed by atoms with Gasteiger partial charge in [0.05, 0.1) is 0 Å². The molecule has 5 atom stereocenters. The van der Waals surface area contributed by atoms with Crippen molar-refractivity contribution in [3.8, 4) is 0 Å². The number of rotatable bonds is 0. The van der Waals surface area contributed by atoms with E-state index in [0.717, 1.165) is 0 Å². The first-order valence-corrected chi connectivity index (χ1v) is 5.06. The van der Waals surface area contributed by atoms with E-state index in [0.29, 0.717) is 23.4 Å². The highest BCUT2D eigenvalue weighted by Gasteiger charge is 2.78. The zero-order chi connectivity index (χ0) is 9.54. The van der Waals surface area contributed by atoms with Crippen molar-refractivity contribution in [2.45, 2.75) is 20.8 Å². The van der Waals surface area contributed by atoms with Crippen molar-refractivity contribution in [3.05, 3.63) is 0 Å². The molecule has 2 heteroatoms. The molecule has 0 aromatic carbocycles. The molecule has 3 rings (SSSR count). The SMILES string of the molecule is C[C@@H]1C(=O)C2C3[C@H]2[C@H]1C(=O)C3(C)C. The van der Waals surface area contributed by atoms with Gasteiger partial charge in [0, 0.05) is 23.2 Å². The van der Waals surface area contributed by atoms with Crippen molar-refractivity contribution in [2.24, 2.45) is 35.0 Å². The van der Waals surface area contributed by atoms with Crippen LogP contribution < -0.4 is 0 Å². The Morgan fingerprint density at radius 2 is 1.77 bits per heavy atom. The normalized spacial score (nSPS) is 55.5. The van der Waals surface area contributed by atoms with Crippen LogP contribution in [-0.2, 0) is 9.59 Å². The average molecular weight is 178 g/mol. The van der Waals surface area contributed by atoms with Crippen molar-refractivity contribution in [1.29, 1.82) is 0 Å². The third-order valence-electron chi connectivity index (χ3n) is 4.58. The van der Waals surface area contributed by atoms with Crippen LogP contribution >= 0.6 is 0 Å². The maximum Gasteiger partial charge on any atom is 0.142 e. The summed E-state index contributed by atoms with van der Waals surface area (Å²) in [5, 5.41) is 0. The molecule has 3 fully saturated rings. The standard InChI is InChI=1S/C11H14O2/c1-4-5-6-7(9(4)12)8(6)11(2,3)10(5)13/h4-8H,1-3H3/t4-,5-,6-,7?,8?/m0/s1. The van der Waals surface area contributed by atoms with Gasteiger partial charge < -0.3 is 0 Å². The summed E-state index contributed by atoms with van der Waals surface area (Å²) in [5.41, 5.74) is -0.208. The number of hydrogen-bond donors (Lipinski definition) is 0. The van der Waals surface area contributed by atoms with E-state index in [4.69, 9.17) is 0 Å². The van der Waals surface area contributed by atoms with Crippen LogP contribution in [0.1, 0.15) is 20.8 Å². The fourth-order valence-corrected chi connectivity index (χ4v) is 3.89. The van der Waals surface area contributed by atoms with Crippen LogP contribution in [-0.4, -0.2) is 11.6 Å². The summed E-state index contributed by atoms with van der Waals surface area (Å²) in [7, 11) is 0. The van der Waals surface area contributed by atoms with E-state index in [1.165, 1.54) is 0 Å². The molecular formula is C11H14O2. The van der Waals surface area contributed by atoms with E-state index in [1.807, 2.05) is 20.8 Å². The third kappa shape index (κ3) is 0.579. The predicted molar refractivity (Wildman–Crippen MR) is 46.9 cm³/mol. The highest BCUT2D eigenvalue weighted by Crippen LogP contribution is 2.73. The largest absolute Gasteiger partial charge is 0.299 e. The summed E-state index contributed by atoms with van der Waals surface area (Å²) < 4.78 is 0. The van der Waals surface area contributed by atoms with Gasteiger partial charge in [-0.1, -0.05) is 20.8 Å². The van der Waals surface area contributed by atoms with Crippen molar-refractivity contribution in [2.75, 3.05) is 0 Å². The maximum absolute atomic E-state index is 11.9. The average Bonchev–Trinajstić information content (AvgIpc) is 2.68. The van der Waals surface area contributed by atoms with Gasteiger partial charge in [-0.2, -0.15) is 0 Å². The van der Waals surface area contributed by atoms with Gasteiger partial charge in [-0.15, -0.1) is 0 Å². The zero-order valence-corrected chi connectivity index (χ0v) is 8.20. The lowest BCUT2D eigenvalue weighted by Crippen LogP contribution is -2.27. The van der Waals surface area contributed by atoms with Crippen molar-refractivity contribution >= 4 is 11.6 Å². The predicted octanol–water partition coefficient (Wildman–Crippen LogP) is 1.29. The Hall–Kier alpha value is -0.660. The van der Waals surface area contributed by atoms with Gasteiger partial charge in [-0.05, 0) is 11.8 Å². The van der Waals surface area contributed by atoms with E-state index in [1.54, 1.807) is 0 Å². The van der Waals surface area contributed by atoms with E-state index in [9.17, 15) is 9.59 Å². The minimum Gasteiger partial charge on any atom is -0.299 e. The molecule has 0 aromatic rings. The first-order valence-electron chi connectivity index (χ1n) is 5.06. The highest BCUT2D eigenvalue weighted by atomic mass is 16.1. The molecule has 0 aliphatic heterocycles. The molecule has 0 radical (unpaired) electrons. The molecular weight excluding hydrogens is 164 g/mol. The molecule has 3 aliphatic rings. The van der Waals surface area contributed by atoms with Gasteiger partial charge in [0.15, 0.2) is 0 Å². The van der Waals surface area contributed by atoms with Crippen molar-refractivity contribution in [3.63, 3.8) is 0 Å². The maximum atomic E-state index is 11.9. The molecule has 3 aliphatic carbocycles. The van der Waals surface area contributed by atoms with E-state index in [-0.39, 0.29) is 23.2 Å². The molecule has 0 bridgehead atoms. The topological polar surface area (TPSA) is 34.1 Å². The first kappa shape index (κ1) is 7.72. The second-order valence-electron chi connectivity index (χ2n) is 5.43. The molecule has 3 saturated carbocycles. The molecule has 0 spiro atoms. The number of carbonyl (C=O) groups is 2. The number of fused-ring (bicyclic) bond motifs is 1. The van der Waals surface area contributed by atoms with Gasteiger partial charge in [0.1, 0.15) is 11.6 Å². The van der Waals surface area contributed by atoms with Crippen LogP contribution in [0.15, 0.2) is 0 Å². The number of ketones is 2. The van der Waals surface area contributed by atoms with Gasteiger partial charge in [0.2, 0.25) is 0 Å². The zero-order valence-electron chi connectivity index (χ0n) is 8.20. The summed E-state index contributed by atoms with van der Waals surface area (Å²) in [4.78, 5) is 23.6. The summed E-state index contributed by atoms with van der Waals surface area (Å²) in [6.45, 7) is 5.95. The summed E-state index contributed by atoms with van der Waals surface area (Å²) in [6.07, 6.45) is 0. The van der Waals surface area contributed by atoms with Gasteiger partial charge in [0.25, 0.3) is 0 Å². The van der Waals surface area contributed by atoms with Gasteiger partial charge >= 0.3 is 0 Å². The van der Waals surface area contributed by atoms with Crippen LogP contribution in [0.25, 0.3) is 0 Å². The smallest absolute Gasteiger partial charge is 0.142 e.